The van der Waals surface area contributed by atoms with E-state index in [0.29, 0.717) is 31.5 Å². The predicted octanol–water partition coefficient (Wildman–Crippen LogP) is 1.91. The zero-order valence-corrected chi connectivity index (χ0v) is 15.8. The van der Waals surface area contributed by atoms with Crippen molar-refractivity contribution in [2.75, 3.05) is 33.3 Å². The first-order chi connectivity index (χ1) is 12.2. The molecule has 1 saturated heterocycles. The van der Waals surface area contributed by atoms with Crippen molar-refractivity contribution in [3.05, 3.63) is 47.8 Å². The van der Waals surface area contributed by atoms with Crippen molar-refractivity contribution in [2.45, 2.75) is 25.5 Å². The van der Waals surface area contributed by atoms with Crippen LogP contribution in [0.5, 0.6) is 0 Å². The number of carbonyl (C=O) groups is 1. The maximum absolute atomic E-state index is 12.4. The number of halogens is 1. The number of hydrogen-bond acceptors (Lipinski definition) is 5. The van der Waals surface area contributed by atoms with Gasteiger partial charge in [-0.15, -0.1) is 17.5 Å². The van der Waals surface area contributed by atoms with Gasteiger partial charge in [-0.05, 0) is 31.5 Å². The molecule has 142 valence electrons. The lowest BCUT2D eigenvalue weighted by Gasteiger charge is -2.22. The van der Waals surface area contributed by atoms with Crippen LogP contribution in [0.4, 0.5) is 0 Å². The van der Waals surface area contributed by atoms with Gasteiger partial charge in [-0.3, -0.25) is 4.79 Å². The molecule has 0 bridgehead atoms. The summed E-state index contributed by atoms with van der Waals surface area (Å²) in [4.78, 5) is 14.1. The van der Waals surface area contributed by atoms with Crippen LogP contribution in [0.2, 0.25) is 0 Å². The molecule has 0 spiro atoms. The summed E-state index contributed by atoms with van der Waals surface area (Å²) in [6, 6.07) is 10.3. The van der Waals surface area contributed by atoms with Gasteiger partial charge in [0.05, 0.1) is 25.5 Å². The topological polar surface area (TPSA) is 72.3 Å². The largest absolute Gasteiger partial charge is 0.375 e. The first-order valence-electron chi connectivity index (χ1n) is 8.74. The second kappa shape index (κ2) is 10.3. The Hall–Kier alpha value is -1.96. The minimum Gasteiger partial charge on any atom is -0.375 e. The van der Waals surface area contributed by atoms with Gasteiger partial charge in [0.25, 0.3) is 5.91 Å². The lowest BCUT2D eigenvalue weighted by molar-refractivity contribution is 0.0665. The smallest absolute Gasteiger partial charge is 0.275 e. The average molecular weight is 380 g/mol. The third-order valence-corrected chi connectivity index (χ3v) is 4.44. The number of piperidine rings is 1. The van der Waals surface area contributed by atoms with Crippen molar-refractivity contribution in [1.82, 2.24) is 25.2 Å². The summed E-state index contributed by atoms with van der Waals surface area (Å²) >= 11 is 0. The zero-order valence-electron chi connectivity index (χ0n) is 15.0. The van der Waals surface area contributed by atoms with E-state index >= 15 is 0 Å². The molecule has 8 heteroatoms. The number of amides is 1. The number of likely N-dealkylation sites (N-methyl/N-ethyl adjacent to an activating group) is 1. The third-order valence-electron chi connectivity index (χ3n) is 4.44. The van der Waals surface area contributed by atoms with Crippen molar-refractivity contribution >= 4 is 18.3 Å². The average Bonchev–Trinajstić information content (AvgIpc) is 3.16. The van der Waals surface area contributed by atoms with E-state index in [1.165, 1.54) is 0 Å². The summed E-state index contributed by atoms with van der Waals surface area (Å²) in [5.41, 5.74) is 1.52. The molecule has 0 radical (unpaired) electrons. The van der Waals surface area contributed by atoms with Crippen LogP contribution in [0.25, 0.3) is 0 Å². The molecule has 0 saturated carbocycles. The first kappa shape index (κ1) is 20.4. The molecule has 1 aromatic heterocycles. The fraction of sp³-hybridized carbons (Fsp3) is 0.500. The summed E-state index contributed by atoms with van der Waals surface area (Å²) in [5.74, 6) is -0.122. The number of hydrogen-bond donors (Lipinski definition) is 1. The van der Waals surface area contributed by atoms with Crippen LogP contribution in [0.1, 0.15) is 34.9 Å². The van der Waals surface area contributed by atoms with Gasteiger partial charge >= 0.3 is 0 Å². The van der Waals surface area contributed by atoms with Crippen LogP contribution in [-0.4, -0.2) is 59.1 Å². The van der Waals surface area contributed by atoms with Crippen LogP contribution in [0, 0.1) is 0 Å². The van der Waals surface area contributed by atoms with E-state index in [1.54, 1.807) is 18.1 Å². The molecule has 1 amide bonds. The van der Waals surface area contributed by atoms with Crippen molar-refractivity contribution in [3.8, 4) is 0 Å². The minimum atomic E-state index is -0.122. The van der Waals surface area contributed by atoms with Crippen LogP contribution < -0.4 is 5.32 Å². The first-order valence-corrected chi connectivity index (χ1v) is 8.74. The summed E-state index contributed by atoms with van der Waals surface area (Å²) < 4.78 is 7.46. The van der Waals surface area contributed by atoms with Gasteiger partial charge in [-0.25, -0.2) is 4.68 Å². The molecule has 1 fully saturated rings. The molecule has 1 aromatic carbocycles. The molecule has 2 aromatic rings. The lowest BCUT2D eigenvalue weighted by atomic mass is 10.1. The van der Waals surface area contributed by atoms with Gasteiger partial charge < -0.3 is 15.0 Å². The van der Waals surface area contributed by atoms with Crippen molar-refractivity contribution in [1.29, 1.82) is 0 Å². The van der Waals surface area contributed by atoms with E-state index in [1.807, 2.05) is 35.0 Å². The molecule has 26 heavy (non-hydrogen) atoms. The Morgan fingerprint density at radius 1 is 1.31 bits per heavy atom. The van der Waals surface area contributed by atoms with Crippen molar-refractivity contribution < 1.29 is 9.53 Å². The number of nitrogens with zero attached hydrogens (tertiary/aromatic N) is 4. The van der Waals surface area contributed by atoms with Gasteiger partial charge in [-0.1, -0.05) is 35.5 Å². The fourth-order valence-corrected chi connectivity index (χ4v) is 2.89. The standard InChI is InChI=1S/C18H25N5O2.ClH/c1-22(11-12-25-14-15-5-3-2-4-6-15)18(24)17-13-23(21-20-17)16-7-9-19-10-8-16;/h2-6,13,16,19H,7-12,14H2,1H3;1H. The molecule has 0 atom stereocenters. The number of benzene rings is 1. The van der Waals surface area contributed by atoms with Crippen LogP contribution in [0.15, 0.2) is 36.5 Å². The monoisotopic (exact) mass is 379 g/mol. The molecule has 7 nitrogen and oxygen atoms in total. The van der Waals surface area contributed by atoms with E-state index in [-0.39, 0.29) is 18.3 Å². The summed E-state index contributed by atoms with van der Waals surface area (Å²) in [6.45, 7) is 3.51. The van der Waals surface area contributed by atoms with E-state index in [2.05, 4.69) is 15.6 Å². The normalized spacial score (nSPS) is 14.7. The number of nitrogens with one attached hydrogen (secondary N) is 1. The molecule has 1 aliphatic rings. The predicted molar refractivity (Wildman–Crippen MR) is 101 cm³/mol. The molecule has 0 unspecified atom stereocenters. The Bertz CT molecular complexity index is 673. The number of ether oxygens (including phenoxy) is 1. The Morgan fingerprint density at radius 2 is 2.04 bits per heavy atom. The van der Waals surface area contributed by atoms with Crippen LogP contribution >= 0.6 is 12.4 Å². The highest BCUT2D eigenvalue weighted by atomic mass is 35.5. The summed E-state index contributed by atoms with van der Waals surface area (Å²) in [6.07, 6.45) is 3.79. The molecule has 2 heterocycles. The van der Waals surface area contributed by atoms with Crippen LogP contribution in [0.3, 0.4) is 0 Å². The molecular weight excluding hydrogens is 354 g/mol. The second-order valence-corrected chi connectivity index (χ2v) is 6.33. The Labute approximate surface area is 160 Å². The van der Waals surface area contributed by atoms with E-state index in [0.717, 1.165) is 31.5 Å². The third kappa shape index (κ3) is 5.52. The number of carbonyl (C=O) groups excluding carboxylic acids is 1. The second-order valence-electron chi connectivity index (χ2n) is 6.33. The highest BCUT2D eigenvalue weighted by Crippen LogP contribution is 2.17. The Morgan fingerprint density at radius 3 is 2.77 bits per heavy atom. The minimum absolute atomic E-state index is 0. The maximum atomic E-state index is 12.4. The Kier molecular flexibility index (Phi) is 8.03. The van der Waals surface area contributed by atoms with Gasteiger partial charge in [0.1, 0.15) is 0 Å². The number of aromatic nitrogens is 3. The van der Waals surface area contributed by atoms with E-state index in [4.69, 9.17) is 4.74 Å². The fourth-order valence-electron chi connectivity index (χ4n) is 2.89. The SMILES string of the molecule is CN(CCOCc1ccccc1)C(=O)c1cn(C2CCNCC2)nn1.Cl. The van der Waals surface area contributed by atoms with Crippen molar-refractivity contribution in [2.24, 2.45) is 0 Å². The van der Waals surface area contributed by atoms with Gasteiger partial charge in [-0.2, -0.15) is 0 Å². The Balaban J connectivity index is 0.00000243. The number of rotatable bonds is 7. The summed E-state index contributed by atoms with van der Waals surface area (Å²) in [5, 5.41) is 11.5. The maximum Gasteiger partial charge on any atom is 0.275 e. The van der Waals surface area contributed by atoms with E-state index in [9.17, 15) is 4.79 Å². The molecule has 3 rings (SSSR count). The molecule has 1 aliphatic heterocycles. The molecule has 1 N–H and O–H groups in total. The lowest BCUT2D eigenvalue weighted by Crippen LogP contribution is -2.30. The van der Waals surface area contributed by atoms with Crippen LogP contribution in [-0.2, 0) is 11.3 Å². The molecular formula is C18H26ClN5O2. The van der Waals surface area contributed by atoms with Gasteiger partial charge in [0, 0.05) is 13.6 Å². The summed E-state index contributed by atoms with van der Waals surface area (Å²) in [7, 11) is 1.76. The van der Waals surface area contributed by atoms with E-state index < -0.39 is 0 Å². The van der Waals surface area contributed by atoms with Gasteiger partial charge in [0.2, 0.25) is 0 Å². The quantitative estimate of drug-likeness (QED) is 0.744. The van der Waals surface area contributed by atoms with Crippen molar-refractivity contribution in [3.63, 3.8) is 0 Å². The molecule has 0 aliphatic carbocycles. The van der Waals surface area contributed by atoms with Gasteiger partial charge in [0.15, 0.2) is 5.69 Å². The highest BCUT2D eigenvalue weighted by molar-refractivity contribution is 5.91. The zero-order chi connectivity index (χ0) is 17.5. The highest BCUT2D eigenvalue weighted by Gasteiger charge is 2.20.